The summed E-state index contributed by atoms with van der Waals surface area (Å²) >= 11 is 0. The van der Waals surface area contributed by atoms with Gasteiger partial charge in [-0.3, -0.25) is 0 Å². The molecule has 0 saturated carbocycles. The predicted octanol–water partition coefficient (Wildman–Crippen LogP) is 6.85. The molecule has 0 bridgehead atoms. The number of benzene rings is 2. The fourth-order valence-electron chi connectivity index (χ4n) is 3.67. The van der Waals surface area contributed by atoms with Crippen molar-refractivity contribution >= 4 is 24.4 Å². The summed E-state index contributed by atoms with van der Waals surface area (Å²) in [4.78, 5) is 12.4. The third-order valence-electron chi connectivity index (χ3n) is 6.87. The summed E-state index contributed by atoms with van der Waals surface area (Å²) < 4.78 is 34.3. The number of amides is 1. The van der Waals surface area contributed by atoms with Crippen molar-refractivity contribution in [1.82, 2.24) is 4.31 Å². The van der Waals surface area contributed by atoms with Crippen LogP contribution in [-0.2, 0) is 19.9 Å². The van der Waals surface area contributed by atoms with E-state index in [1.807, 2.05) is 51.1 Å². The van der Waals surface area contributed by atoms with Crippen molar-refractivity contribution < 1.29 is 22.7 Å². The molecule has 0 fully saturated rings. The maximum Gasteiger partial charge on any atom is 0.421 e. The molecule has 2 aromatic carbocycles. The first-order chi connectivity index (χ1) is 16.0. The van der Waals surface area contributed by atoms with Crippen LogP contribution in [0.1, 0.15) is 65.0 Å². The molecule has 1 N–H and O–H groups in total. The number of hydrogen-bond acceptors (Lipinski definition) is 4. The molecule has 1 atom stereocenters. The highest BCUT2D eigenvalue weighted by Crippen LogP contribution is 2.37. The van der Waals surface area contributed by atoms with Gasteiger partial charge in [-0.05, 0) is 47.2 Å². The molecule has 1 amide bonds. The van der Waals surface area contributed by atoms with Gasteiger partial charge in [-0.2, -0.15) is 4.31 Å². The third-order valence-corrected chi connectivity index (χ3v) is 13.2. The number of nitrogens with zero attached hydrogens (tertiary/aromatic N) is 1. The zero-order valence-electron chi connectivity index (χ0n) is 22.3. The SMILES string of the molecule is CC(C)(C)c1ccccc1S(=O)(=O)N(CC(CCO[Si](C)(C)C(C)(C)C)c1ccccc1)C(=O)O. The van der Waals surface area contributed by atoms with Crippen LogP contribution in [0.5, 0.6) is 0 Å². The van der Waals surface area contributed by atoms with Gasteiger partial charge in [-0.15, -0.1) is 0 Å². The topological polar surface area (TPSA) is 83.9 Å². The van der Waals surface area contributed by atoms with Crippen molar-refractivity contribution in [3.63, 3.8) is 0 Å². The van der Waals surface area contributed by atoms with Crippen molar-refractivity contribution in [2.45, 2.75) is 82.3 Å². The highest BCUT2D eigenvalue weighted by atomic mass is 32.2. The molecule has 194 valence electrons. The van der Waals surface area contributed by atoms with Crippen molar-refractivity contribution in [3.05, 3.63) is 65.7 Å². The first-order valence-corrected chi connectivity index (χ1v) is 16.4. The Morgan fingerprint density at radius 3 is 2.03 bits per heavy atom. The molecule has 0 spiro atoms. The van der Waals surface area contributed by atoms with Crippen LogP contribution in [0.2, 0.25) is 18.1 Å². The van der Waals surface area contributed by atoms with Gasteiger partial charge in [0.05, 0.1) is 4.90 Å². The van der Waals surface area contributed by atoms with Crippen molar-refractivity contribution in [2.24, 2.45) is 0 Å². The monoisotopic (exact) mass is 519 g/mol. The Morgan fingerprint density at radius 1 is 0.971 bits per heavy atom. The summed E-state index contributed by atoms with van der Waals surface area (Å²) in [5, 5.41) is 10.1. The maximum absolute atomic E-state index is 13.7. The van der Waals surface area contributed by atoms with Crippen LogP contribution in [0.3, 0.4) is 0 Å². The van der Waals surface area contributed by atoms with E-state index in [1.54, 1.807) is 18.2 Å². The van der Waals surface area contributed by atoms with Gasteiger partial charge < -0.3 is 9.53 Å². The second-order valence-corrected chi connectivity index (χ2v) is 18.2. The lowest BCUT2D eigenvalue weighted by molar-refractivity contribution is 0.168. The van der Waals surface area contributed by atoms with Gasteiger partial charge in [0.1, 0.15) is 0 Å². The van der Waals surface area contributed by atoms with Crippen LogP contribution >= 0.6 is 0 Å². The number of hydrogen-bond donors (Lipinski definition) is 1. The van der Waals surface area contributed by atoms with E-state index in [2.05, 4.69) is 33.9 Å². The molecule has 0 aliphatic carbocycles. The summed E-state index contributed by atoms with van der Waals surface area (Å²) in [6, 6.07) is 16.1. The van der Waals surface area contributed by atoms with Crippen molar-refractivity contribution in [1.29, 1.82) is 0 Å². The smallest absolute Gasteiger partial charge is 0.421 e. The number of rotatable bonds is 9. The molecular formula is C27H41NO5SSi. The maximum atomic E-state index is 13.7. The van der Waals surface area contributed by atoms with E-state index >= 15 is 0 Å². The largest absolute Gasteiger partial charge is 0.464 e. The van der Waals surface area contributed by atoms with Crippen molar-refractivity contribution in [2.75, 3.05) is 13.2 Å². The van der Waals surface area contributed by atoms with Gasteiger partial charge in [-0.25, -0.2) is 13.2 Å². The zero-order valence-corrected chi connectivity index (χ0v) is 24.1. The Hall–Kier alpha value is -2.16. The Labute approximate surface area is 212 Å². The molecule has 35 heavy (non-hydrogen) atoms. The molecule has 0 aliphatic heterocycles. The minimum Gasteiger partial charge on any atom is -0.464 e. The van der Waals surface area contributed by atoms with Gasteiger partial charge in [0.15, 0.2) is 8.32 Å². The van der Waals surface area contributed by atoms with Crippen LogP contribution in [0.25, 0.3) is 0 Å². The second kappa shape index (κ2) is 10.8. The fraction of sp³-hybridized carbons (Fsp3) is 0.519. The van der Waals surface area contributed by atoms with Gasteiger partial charge >= 0.3 is 6.09 Å². The average Bonchev–Trinajstić information content (AvgIpc) is 2.74. The lowest BCUT2D eigenvalue weighted by Gasteiger charge is -2.36. The predicted molar refractivity (Wildman–Crippen MR) is 144 cm³/mol. The standard InChI is InChI=1S/C27H41NO5SSi/c1-26(2,3)23-16-12-13-17-24(23)34(31,32)28(25(29)30)20-22(21-14-10-9-11-15-21)18-19-33-35(7,8)27(4,5)6/h9-17,22H,18-20H2,1-8H3,(H,29,30). The van der Waals surface area contributed by atoms with Gasteiger partial charge in [-0.1, -0.05) is 90.1 Å². The first-order valence-electron chi connectivity index (χ1n) is 12.0. The van der Waals surface area contributed by atoms with E-state index in [0.717, 1.165) is 5.56 Å². The van der Waals surface area contributed by atoms with Crippen LogP contribution in [0.15, 0.2) is 59.5 Å². The molecule has 0 heterocycles. The zero-order chi connectivity index (χ0) is 26.7. The van der Waals surface area contributed by atoms with Gasteiger partial charge in [0, 0.05) is 19.1 Å². The number of carbonyl (C=O) groups is 1. The summed E-state index contributed by atoms with van der Waals surface area (Å²) in [6.45, 7) is 16.8. The average molecular weight is 520 g/mol. The van der Waals surface area contributed by atoms with Crippen LogP contribution < -0.4 is 0 Å². The van der Waals surface area contributed by atoms with E-state index in [9.17, 15) is 18.3 Å². The quantitative estimate of drug-likeness (QED) is 0.366. The Kier molecular flexibility index (Phi) is 9.01. The molecule has 1 unspecified atom stereocenters. The van der Waals surface area contributed by atoms with Crippen LogP contribution in [-0.4, -0.2) is 45.4 Å². The highest BCUT2D eigenvalue weighted by molar-refractivity contribution is 7.89. The molecule has 0 aromatic heterocycles. The third kappa shape index (κ3) is 7.18. The molecule has 0 radical (unpaired) electrons. The minimum atomic E-state index is -4.29. The molecule has 2 rings (SSSR count). The van der Waals surface area contributed by atoms with E-state index in [1.165, 1.54) is 6.07 Å². The summed E-state index contributed by atoms with van der Waals surface area (Å²) in [7, 11) is -6.29. The molecule has 6 nitrogen and oxygen atoms in total. The van der Waals surface area contributed by atoms with Gasteiger partial charge in [0.2, 0.25) is 0 Å². The molecule has 2 aromatic rings. The summed E-state index contributed by atoms with van der Waals surface area (Å²) in [5.41, 5.74) is 1.00. The van der Waals surface area contributed by atoms with E-state index < -0.39 is 29.8 Å². The molecular weight excluding hydrogens is 478 g/mol. The second-order valence-electron chi connectivity index (χ2n) is 11.6. The first kappa shape index (κ1) is 29.1. The van der Waals surface area contributed by atoms with E-state index in [4.69, 9.17) is 4.43 Å². The molecule has 0 saturated heterocycles. The van der Waals surface area contributed by atoms with E-state index in [0.29, 0.717) is 22.9 Å². The molecule has 0 aliphatic rings. The van der Waals surface area contributed by atoms with E-state index in [-0.39, 0.29) is 22.4 Å². The van der Waals surface area contributed by atoms with Crippen LogP contribution in [0, 0.1) is 0 Å². The van der Waals surface area contributed by atoms with Gasteiger partial charge in [0.25, 0.3) is 10.0 Å². The highest BCUT2D eigenvalue weighted by Gasteiger charge is 2.38. The van der Waals surface area contributed by atoms with Crippen molar-refractivity contribution in [3.8, 4) is 0 Å². The Morgan fingerprint density at radius 2 is 1.51 bits per heavy atom. The number of sulfonamides is 1. The summed E-state index contributed by atoms with van der Waals surface area (Å²) in [6.07, 6.45) is -0.975. The van der Waals surface area contributed by atoms with Crippen LogP contribution in [0.4, 0.5) is 4.79 Å². The molecule has 8 heteroatoms. The summed E-state index contributed by atoms with van der Waals surface area (Å²) in [5.74, 6) is -0.339. The lowest BCUT2D eigenvalue weighted by Crippen LogP contribution is -2.42. The number of carboxylic acid groups (broad SMARTS) is 1. The minimum absolute atomic E-state index is 0.0271. The Bertz CT molecular complexity index is 1100. The lowest BCUT2D eigenvalue weighted by atomic mass is 9.87. The fourth-order valence-corrected chi connectivity index (χ4v) is 6.45. The Balaban J connectivity index is 2.42. The normalized spacial score (nSPS) is 13.9.